The Hall–Kier alpha value is -3.15. The fourth-order valence-corrected chi connectivity index (χ4v) is 3.39. The van der Waals surface area contributed by atoms with Crippen molar-refractivity contribution in [1.29, 1.82) is 0 Å². The van der Waals surface area contributed by atoms with Crippen LogP contribution in [0.5, 0.6) is 17.2 Å². The Morgan fingerprint density at radius 3 is 2.32 bits per heavy atom. The minimum atomic E-state index is -1.56. The number of aromatic hydroxyl groups is 2. The minimum Gasteiger partial charge on any atom is -0.508 e. The molecule has 3 aromatic rings. The largest absolute Gasteiger partial charge is 0.508 e. The minimum absolute atomic E-state index is 0.0154. The molecule has 31 heavy (non-hydrogen) atoms. The van der Waals surface area contributed by atoms with Gasteiger partial charge in [-0.3, -0.25) is 4.79 Å². The van der Waals surface area contributed by atoms with Crippen LogP contribution < -0.4 is 10.2 Å². The fraction of sp³-hybridized carbons (Fsp3) is 0.286. The van der Waals surface area contributed by atoms with Gasteiger partial charge in [0.15, 0.2) is 5.43 Å². The molecule has 6 N–H and O–H groups in total. The van der Waals surface area contributed by atoms with Crippen LogP contribution in [0, 0.1) is 0 Å². The highest BCUT2D eigenvalue weighted by Crippen LogP contribution is 2.31. The smallest absolute Gasteiger partial charge is 0.229 e. The molecule has 0 bridgehead atoms. The Labute approximate surface area is 174 Å². The number of fused-ring (bicyclic) bond motifs is 1. The molecule has 3 unspecified atom stereocenters. The predicted octanol–water partition coefficient (Wildman–Crippen LogP) is 0.0499. The molecule has 1 aliphatic heterocycles. The molecule has 0 spiro atoms. The predicted molar refractivity (Wildman–Crippen MR) is 106 cm³/mol. The summed E-state index contributed by atoms with van der Waals surface area (Å²) in [6, 6.07) is 9.59. The number of ether oxygens (including phenoxy) is 2. The van der Waals surface area contributed by atoms with Crippen molar-refractivity contribution in [3.05, 3.63) is 52.7 Å². The van der Waals surface area contributed by atoms with Crippen LogP contribution in [0.4, 0.5) is 0 Å². The monoisotopic (exact) mass is 432 g/mol. The Kier molecular flexibility index (Phi) is 5.56. The van der Waals surface area contributed by atoms with Crippen molar-refractivity contribution in [2.24, 2.45) is 0 Å². The molecular formula is C21H20O10. The van der Waals surface area contributed by atoms with Gasteiger partial charge < -0.3 is 44.5 Å². The van der Waals surface area contributed by atoms with Gasteiger partial charge in [-0.2, -0.15) is 0 Å². The number of aliphatic hydroxyl groups is 4. The Morgan fingerprint density at radius 2 is 1.65 bits per heavy atom. The van der Waals surface area contributed by atoms with E-state index in [1.165, 1.54) is 24.3 Å². The second-order valence-corrected chi connectivity index (χ2v) is 7.15. The lowest BCUT2D eigenvalue weighted by Gasteiger charge is -2.39. The van der Waals surface area contributed by atoms with Crippen LogP contribution in [0.25, 0.3) is 22.3 Å². The summed E-state index contributed by atoms with van der Waals surface area (Å²) in [7, 11) is 0. The molecule has 1 saturated heterocycles. The molecule has 0 amide bonds. The number of rotatable bonds is 4. The lowest BCUT2D eigenvalue weighted by molar-refractivity contribution is -0.277. The molecule has 1 fully saturated rings. The zero-order valence-corrected chi connectivity index (χ0v) is 16.0. The van der Waals surface area contributed by atoms with Gasteiger partial charge in [0, 0.05) is 23.8 Å². The van der Waals surface area contributed by atoms with Gasteiger partial charge in [-0.05, 0) is 24.3 Å². The van der Waals surface area contributed by atoms with Crippen molar-refractivity contribution in [2.45, 2.75) is 30.7 Å². The van der Waals surface area contributed by atoms with Crippen molar-refractivity contribution in [1.82, 2.24) is 0 Å². The van der Waals surface area contributed by atoms with E-state index < -0.39 is 48.5 Å². The molecule has 0 saturated carbocycles. The molecular weight excluding hydrogens is 412 g/mol. The molecule has 1 aliphatic rings. The van der Waals surface area contributed by atoms with Gasteiger partial charge >= 0.3 is 0 Å². The van der Waals surface area contributed by atoms with Crippen LogP contribution in [0.1, 0.15) is 0 Å². The molecule has 10 nitrogen and oxygen atoms in total. The van der Waals surface area contributed by atoms with Gasteiger partial charge in [0.1, 0.15) is 58.4 Å². The van der Waals surface area contributed by atoms with E-state index in [1.54, 1.807) is 12.1 Å². The molecule has 1 aromatic heterocycles. The first-order valence-corrected chi connectivity index (χ1v) is 9.36. The van der Waals surface area contributed by atoms with E-state index in [2.05, 4.69) is 0 Å². The van der Waals surface area contributed by atoms with Gasteiger partial charge in [0.05, 0.1) is 6.61 Å². The summed E-state index contributed by atoms with van der Waals surface area (Å²) in [5.41, 5.74) is 0.0139. The number of phenols is 2. The first-order chi connectivity index (χ1) is 14.8. The van der Waals surface area contributed by atoms with Crippen molar-refractivity contribution in [3.8, 4) is 28.6 Å². The van der Waals surface area contributed by atoms with E-state index in [4.69, 9.17) is 13.9 Å². The maximum Gasteiger partial charge on any atom is 0.229 e. The van der Waals surface area contributed by atoms with Gasteiger partial charge in [0.2, 0.25) is 6.29 Å². The first-order valence-electron chi connectivity index (χ1n) is 9.36. The topological polar surface area (TPSA) is 170 Å². The molecule has 2 aromatic carbocycles. The molecule has 10 heteroatoms. The van der Waals surface area contributed by atoms with Crippen molar-refractivity contribution in [2.75, 3.05) is 6.61 Å². The average molecular weight is 432 g/mol. The average Bonchev–Trinajstić information content (AvgIpc) is 2.73. The number of hydrogen-bond donors (Lipinski definition) is 6. The molecule has 0 aliphatic carbocycles. The van der Waals surface area contributed by atoms with Crippen LogP contribution in [-0.2, 0) is 4.74 Å². The van der Waals surface area contributed by atoms with Crippen LogP contribution >= 0.6 is 0 Å². The second-order valence-electron chi connectivity index (χ2n) is 7.15. The number of hydrogen-bond acceptors (Lipinski definition) is 10. The summed E-state index contributed by atoms with van der Waals surface area (Å²) in [4.78, 5) is 12.4. The number of benzene rings is 2. The van der Waals surface area contributed by atoms with Crippen LogP contribution in [0.3, 0.4) is 0 Å². The molecule has 164 valence electrons. The maximum atomic E-state index is 12.4. The number of phenolic OH excluding ortho intramolecular Hbond substituents is 2. The normalized spacial score (nSPS) is 26.1. The highest BCUT2D eigenvalue weighted by molar-refractivity contribution is 5.86. The highest BCUT2D eigenvalue weighted by Gasteiger charge is 2.44. The van der Waals surface area contributed by atoms with Crippen LogP contribution in [0.15, 0.2) is 51.7 Å². The van der Waals surface area contributed by atoms with Crippen molar-refractivity contribution >= 4 is 11.0 Å². The SMILES string of the molecule is O=c1cc(-c2ccc(O[C@@H]3OC(CO)[C@@H](O)C(O)C3O)cc2)oc2cc(O)cc(O)c12. The third-order valence-electron chi connectivity index (χ3n) is 5.03. The summed E-state index contributed by atoms with van der Waals surface area (Å²) in [6.45, 7) is -0.574. The molecule has 0 radical (unpaired) electrons. The zero-order valence-electron chi connectivity index (χ0n) is 16.0. The lowest BCUT2D eigenvalue weighted by Crippen LogP contribution is -2.60. The summed E-state index contributed by atoms with van der Waals surface area (Å²) in [5.74, 6) is -0.222. The highest BCUT2D eigenvalue weighted by atomic mass is 16.7. The van der Waals surface area contributed by atoms with E-state index in [0.717, 1.165) is 6.07 Å². The Balaban J connectivity index is 1.58. The zero-order chi connectivity index (χ0) is 22.3. The Bertz CT molecular complexity index is 1140. The van der Waals surface area contributed by atoms with Crippen molar-refractivity contribution in [3.63, 3.8) is 0 Å². The summed E-state index contributed by atoms with van der Waals surface area (Å²) < 4.78 is 16.5. The van der Waals surface area contributed by atoms with Gasteiger partial charge in [-0.1, -0.05) is 0 Å². The van der Waals surface area contributed by atoms with E-state index >= 15 is 0 Å². The van der Waals surface area contributed by atoms with Gasteiger partial charge in [-0.25, -0.2) is 0 Å². The molecule has 5 atom stereocenters. The van der Waals surface area contributed by atoms with E-state index in [9.17, 15) is 35.4 Å². The molecule has 2 heterocycles. The van der Waals surface area contributed by atoms with Gasteiger partial charge in [-0.15, -0.1) is 0 Å². The Morgan fingerprint density at radius 1 is 0.935 bits per heavy atom. The van der Waals surface area contributed by atoms with E-state index in [0.29, 0.717) is 5.56 Å². The van der Waals surface area contributed by atoms with Crippen LogP contribution in [-0.4, -0.2) is 68.0 Å². The maximum absolute atomic E-state index is 12.4. The third-order valence-corrected chi connectivity index (χ3v) is 5.03. The summed E-state index contributed by atoms with van der Waals surface area (Å²) in [5, 5.41) is 58.4. The first kappa shape index (κ1) is 21.1. The summed E-state index contributed by atoms with van der Waals surface area (Å²) >= 11 is 0. The standard InChI is InChI=1S/C21H20O10/c22-8-16-18(26)19(27)20(28)21(31-16)29-11-3-1-9(2-4-11)14-7-13(25)17-12(24)5-10(23)6-15(17)30-14/h1-7,16,18-24,26-28H,8H2/t16?,18-,19?,20?,21-/m1/s1. The second kappa shape index (κ2) is 8.17. The molecule has 4 rings (SSSR count). The third kappa shape index (κ3) is 3.94. The van der Waals surface area contributed by atoms with Gasteiger partial charge in [0.25, 0.3) is 0 Å². The summed E-state index contributed by atoms with van der Waals surface area (Å²) in [6.07, 6.45) is -7.02. The fourth-order valence-electron chi connectivity index (χ4n) is 3.39. The van der Waals surface area contributed by atoms with Crippen LogP contribution in [0.2, 0.25) is 0 Å². The van der Waals surface area contributed by atoms with Crippen molar-refractivity contribution < 1.29 is 44.5 Å². The van der Waals surface area contributed by atoms with E-state index in [1.807, 2.05) is 0 Å². The lowest BCUT2D eigenvalue weighted by atomic mass is 9.99. The van der Waals surface area contributed by atoms with E-state index in [-0.39, 0.29) is 28.2 Å². The quantitative estimate of drug-likeness (QED) is 0.331. The number of aliphatic hydroxyl groups excluding tert-OH is 4.